The Morgan fingerprint density at radius 3 is 2.91 bits per heavy atom. The van der Waals surface area contributed by atoms with Crippen molar-refractivity contribution in [2.24, 2.45) is 0 Å². The first-order chi connectivity index (χ1) is 5.24. The molecule has 0 unspecified atom stereocenters. The highest BCUT2D eigenvalue weighted by atomic mass is 19.1. The van der Waals surface area contributed by atoms with E-state index < -0.39 is 0 Å². The molecule has 1 aliphatic heterocycles. The van der Waals surface area contributed by atoms with Gasteiger partial charge in [-0.1, -0.05) is 0 Å². The number of hydrogen-bond acceptors (Lipinski definition) is 2. The fourth-order valence-corrected chi connectivity index (χ4v) is 1.30. The third kappa shape index (κ3) is 2.42. The first-order valence-corrected chi connectivity index (χ1v) is 4.15. The van der Waals surface area contributed by atoms with Gasteiger partial charge in [-0.2, -0.15) is 0 Å². The first kappa shape index (κ1) is 8.94. The maximum atomic E-state index is 12.2. The van der Waals surface area contributed by atoms with Crippen molar-refractivity contribution in [3.05, 3.63) is 0 Å². The zero-order valence-electron chi connectivity index (χ0n) is 7.22. The summed E-state index contributed by atoms with van der Waals surface area (Å²) in [7, 11) is 0. The summed E-state index contributed by atoms with van der Waals surface area (Å²) in [4.78, 5) is 2.24. The lowest BCUT2D eigenvalue weighted by molar-refractivity contribution is -0.0478. The molecule has 0 aromatic rings. The summed E-state index contributed by atoms with van der Waals surface area (Å²) in [5, 5.41) is 0. The second kappa shape index (κ2) is 4.02. The number of rotatable bonds is 2. The molecule has 0 spiro atoms. The number of morpholine rings is 1. The van der Waals surface area contributed by atoms with Crippen LogP contribution in [0.1, 0.15) is 13.8 Å². The predicted molar refractivity (Wildman–Crippen MR) is 42.4 cm³/mol. The van der Waals surface area contributed by atoms with E-state index in [1.54, 1.807) is 0 Å². The summed E-state index contributed by atoms with van der Waals surface area (Å²) in [6.45, 7) is 6.25. The van der Waals surface area contributed by atoms with Gasteiger partial charge in [0.05, 0.1) is 12.7 Å². The molecular formula is C8H16FNO. The van der Waals surface area contributed by atoms with Crippen LogP contribution >= 0.6 is 0 Å². The fraction of sp³-hybridized carbons (Fsp3) is 1.00. The van der Waals surface area contributed by atoms with Crippen molar-refractivity contribution in [1.29, 1.82) is 0 Å². The lowest BCUT2D eigenvalue weighted by Crippen LogP contribution is -2.46. The van der Waals surface area contributed by atoms with E-state index in [-0.39, 0.29) is 12.8 Å². The molecule has 0 aromatic carbocycles. The largest absolute Gasteiger partial charge is 0.373 e. The quantitative estimate of drug-likeness (QED) is 0.600. The maximum absolute atomic E-state index is 12.2. The molecule has 1 fully saturated rings. The molecule has 1 aliphatic rings. The van der Waals surface area contributed by atoms with Gasteiger partial charge in [0.25, 0.3) is 0 Å². The van der Waals surface area contributed by atoms with Crippen molar-refractivity contribution < 1.29 is 9.13 Å². The van der Waals surface area contributed by atoms with Crippen molar-refractivity contribution in [3.8, 4) is 0 Å². The highest BCUT2D eigenvalue weighted by Crippen LogP contribution is 2.08. The van der Waals surface area contributed by atoms with Gasteiger partial charge < -0.3 is 4.74 Å². The van der Waals surface area contributed by atoms with Gasteiger partial charge in [0.2, 0.25) is 0 Å². The summed E-state index contributed by atoms with van der Waals surface area (Å²) < 4.78 is 17.4. The molecule has 66 valence electrons. The average Bonchev–Trinajstić information content (AvgIpc) is 2.05. The van der Waals surface area contributed by atoms with Gasteiger partial charge in [-0.15, -0.1) is 0 Å². The Kier molecular flexibility index (Phi) is 3.27. The van der Waals surface area contributed by atoms with Crippen LogP contribution in [0.3, 0.4) is 0 Å². The van der Waals surface area contributed by atoms with Gasteiger partial charge in [-0.25, -0.2) is 4.39 Å². The molecule has 0 radical (unpaired) electrons. The van der Waals surface area contributed by atoms with Crippen molar-refractivity contribution in [2.45, 2.75) is 26.0 Å². The second-order valence-electron chi connectivity index (χ2n) is 3.24. The third-order valence-electron chi connectivity index (χ3n) is 2.07. The van der Waals surface area contributed by atoms with E-state index in [0.717, 1.165) is 13.1 Å². The van der Waals surface area contributed by atoms with Crippen LogP contribution in [0, 0.1) is 0 Å². The fourth-order valence-electron chi connectivity index (χ4n) is 1.30. The molecule has 1 atom stereocenters. The first-order valence-electron chi connectivity index (χ1n) is 4.15. The zero-order chi connectivity index (χ0) is 8.27. The van der Waals surface area contributed by atoms with E-state index in [2.05, 4.69) is 18.7 Å². The van der Waals surface area contributed by atoms with Gasteiger partial charge in [0, 0.05) is 19.1 Å². The zero-order valence-corrected chi connectivity index (χ0v) is 7.22. The highest BCUT2D eigenvalue weighted by Gasteiger charge is 2.21. The van der Waals surface area contributed by atoms with Gasteiger partial charge >= 0.3 is 0 Å². The van der Waals surface area contributed by atoms with Crippen LogP contribution in [-0.4, -0.2) is 43.4 Å². The van der Waals surface area contributed by atoms with E-state index in [0.29, 0.717) is 12.6 Å². The Hall–Kier alpha value is -0.150. The van der Waals surface area contributed by atoms with Crippen LogP contribution in [0.5, 0.6) is 0 Å². The number of hydrogen-bond donors (Lipinski definition) is 0. The second-order valence-corrected chi connectivity index (χ2v) is 3.24. The van der Waals surface area contributed by atoms with Crippen LogP contribution in [-0.2, 0) is 4.74 Å². The molecule has 2 nitrogen and oxygen atoms in total. The molecule has 3 heteroatoms. The molecule has 0 aliphatic carbocycles. The van der Waals surface area contributed by atoms with E-state index in [1.165, 1.54) is 0 Å². The topological polar surface area (TPSA) is 12.5 Å². The Balaban J connectivity index is 2.33. The minimum atomic E-state index is -0.358. The number of ether oxygens (including phenoxy) is 1. The summed E-state index contributed by atoms with van der Waals surface area (Å²) in [6, 6.07) is 0.507. The molecule has 0 amide bonds. The van der Waals surface area contributed by atoms with Gasteiger partial charge in [0.1, 0.15) is 6.67 Å². The lowest BCUT2D eigenvalue weighted by Gasteiger charge is -2.34. The molecular weight excluding hydrogens is 145 g/mol. The van der Waals surface area contributed by atoms with Crippen molar-refractivity contribution in [3.63, 3.8) is 0 Å². The average molecular weight is 161 g/mol. The minimum Gasteiger partial charge on any atom is -0.373 e. The highest BCUT2D eigenvalue weighted by molar-refractivity contribution is 4.72. The molecule has 0 saturated carbocycles. The smallest absolute Gasteiger partial charge is 0.117 e. The van der Waals surface area contributed by atoms with E-state index in [4.69, 9.17) is 4.74 Å². The SMILES string of the molecule is CC(C)N1CCO[C@@H](CF)C1. The molecule has 0 N–H and O–H groups in total. The van der Waals surface area contributed by atoms with Crippen LogP contribution in [0.4, 0.5) is 4.39 Å². The van der Waals surface area contributed by atoms with Crippen molar-refractivity contribution in [2.75, 3.05) is 26.4 Å². The summed E-state index contributed by atoms with van der Waals surface area (Å²) in [5.74, 6) is 0. The van der Waals surface area contributed by atoms with Crippen LogP contribution in [0.2, 0.25) is 0 Å². The van der Waals surface area contributed by atoms with Crippen molar-refractivity contribution in [1.82, 2.24) is 4.90 Å². The Bertz CT molecular complexity index is 119. The molecule has 0 bridgehead atoms. The van der Waals surface area contributed by atoms with Gasteiger partial charge in [-0.05, 0) is 13.8 Å². The minimum absolute atomic E-state index is 0.189. The summed E-state index contributed by atoms with van der Waals surface area (Å²) in [5.41, 5.74) is 0. The van der Waals surface area contributed by atoms with Crippen LogP contribution < -0.4 is 0 Å². The third-order valence-corrected chi connectivity index (χ3v) is 2.07. The maximum Gasteiger partial charge on any atom is 0.117 e. The monoisotopic (exact) mass is 161 g/mol. The van der Waals surface area contributed by atoms with Gasteiger partial charge in [0.15, 0.2) is 0 Å². The Labute approximate surface area is 67.3 Å². The molecule has 1 saturated heterocycles. The van der Waals surface area contributed by atoms with Crippen LogP contribution in [0.25, 0.3) is 0 Å². The van der Waals surface area contributed by atoms with E-state index in [9.17, 15) is 4.39 Å². The Morgan fingerprint density at radius 1 is 1.64 bits per heavy atom. The number of halogens is 1. The normalized spacial score (nSPS) is 27.8. The molecule has 1 rings (SSSR count). The lowest BCUT2D eigenvalue weighted by atomic mass is 10.2. The molecule has 1 heterocycles. The molecule has 0 aromatic heterocycles. The summed E-state index contributed by atoms with van der Waals surface area (Å²) in [6.07, 6.45) is -0.189. The number of alkyl halides is 1. The Morgan fingerprint density at radius 2 is 2.36 bits per heavy atom. The number of nitrogens with zero attached hydrogens (tertiary/aromatic N) is 1. The van der Waals surface area contributed by atoms with Gasteiger partial charge in [-0.3, -0.25) is 4.90 Å². The molecule has 11 heavy (non-hydrogen) atoms. The van der Waals surface area contributed by atoms with E-state index in [1.807, 2.05) is 0 Å². The predicted octanol–water partition coefficient (Wildman–Crippen LogP) is 1.07. The standard InChI is InChI=1S/C8H16FNO/c1-7(2)10-3-4-11-8(5-9)6-10/h7-8H,3-6H2,1-2H3/t8-/m0/s1. The summed E-state index contributed by atoms with van der Waals surface area (Å²) >= 11 is 0. The van der Waals surface area contributed by atoms with E-state index >= 15 is 0 Å². The van der Waals surface area contributed by atoms with Crippen LogP contribution in [0.15, 0.2) is 0 Å². The van der Waals surface area contributed by atoms with Crippen molar-refractivity contribution >= 4 is 0 Å².